The van der Waals surface area contributed by atoms with Crippen molar-refractivity contribution >= 4 is 6.09 Å². The third-order valence-electron chi connectivity index (χ3n) is 2.50. The molecule has 0 aromatic carbocycles. The highest BCUT2D eigenvalue weighted by atomic mass is 19.4. The fourth-order valence-electron chi connectivity index (χ4n) is 1.74. The van der Waals surface area contributed by atoms with E-state index in [2.05, 4.69) is 0 Å². The largest absolute Gasteiger partial charge is 0.444 e. The van der Waals surface area contributed by atoms with Crippen molar-refractivity contribution in [3.63, 3.8) is 0 Å². The molecule has 1 aliphatic carbocycles. The smallest absolute Gasteiger partial charge is 0.411 e. The van der Waals surface area contributed by atoms with Gasteiger partial charge in [0.05, 0.1) is 0 Å². The van der Waals surface area contributed by atoms with Gasteiger partial charge in [0, 0.05) is 6.04 Å². The Bertz CT molecular complexity index is 304. The molecule has 0 aromatic rings. The third kappa shape index (κ3) is 3.24. The molecule has 0 aliphatic heterocycles. The monoisotopic (exact) mass is 254 g/mol. The van der Waals surface area contributed by atoms with Gasteiger partial charge < -0.3 is 15.8 Å². The maximum absolute atomic E-state index is 12.8. The van der Waals surface area contributed by atoms with Gasteiger partial charge in [-0.1, -0.05) is 0 Å². The summed E-state index contributed by atoms with van der Waals surface area (Å²) < 4.78 is 43.2. The van der Waals surface area contributed by atoms with Gasteiger partial charge in [0.25, 0.3) is 0 Å². The SMILES string of the molecule is CC(C)(C)OC(=O)NC1(C(F)(F)F)CC(N)C1. The van der Waals surface area contributed by atoms with Gasteiger partial charge in [-0.05, 0) is 33.6 Å². The average molecular weight is 254 g/mol. The van der Waals surface area contributed by atoms with Gasteiger partial charge in [0.15, 0.2) is 0 Å². The van der Waals surface area contributed by atoms with Crippen LogP contribution >= 0.6 is 0 Å². The number of amides is 1. The number of carbonyl (C=O) groups excluding carboxylic acids is 1. The number of ether oxygens (including phenoxy) is 1. The Labute approximate surface area is 97.7 Å². The third-order valence-corrected chi connectivity index (χ3v) is 2.50. The van der Waals surface area contributed by atoms with Crippen molar-refractivity contribution in [1.29, 1.82) is 0 Å². The molecule has 1 saturated carbocycles. The summed E-state index contributed by atoms with van der Waals surface area (Å²) in [7, 11) is 0. The van der Waals surface area contributed by atoms with Gasteiger partial charge in [-0.2, -0.15) is 13.2 Å². The number of hydrogen-bond donors (Lipinski definition) is 2. The molecule has 0 saturated heterocycles. The summed E-state index contributed by atoms with van der Waals surface area (Å²) in [6, 6.07) is -0.536. The summed E-state index contributed by atoms with van der Waals surface area (Å²) in [6.07, 6.45) is -6.20. The zero-order valence-electron chi connectivity index (χ0n) is 10.0. The second kappa shape index (κ2) is 4.04. The van der Waals surface area contributed by atoms with Gasteiger partial charge in [-0.15, -0.1) is 0 Å². The van der Waals surface area contributed by atoms with E-state index in [9.17, 15) is 18.0 Å². The topological polar surface area (TPSA) is 64.3 Å². The molecule has 1 rings (SSSR count). The van der Waals surface area contributed by atoms with E-state index in [-0.39, 0.29) is 12.8 Å². The van der Waals surface area contributed by atoms with E-state index >= 15 is 0 Å². The number of nitrogens with one attached hydrogen (secondary N) is 1. The molecule has 0 atom stereocenters. The van der Waals surface area contributed by atoms with Crippen molar-refractivity contribution in [3.8, 4) is 0 Å². The standard InChI is InChI=1S/C10H17F3N2O2/c1-8(2,3)17-7(16)15-9(10(11,12)13)4-6(14)5-9/h6H,4-5,14H2,1-3H3,(H,15,16). The zero-order valence-corrected chi connectivity index (χ0v) is 10.0. The Morgan fingerprint density at radius 2 is 1.82 bits per heavy atom. The van der Waals surface area contributed by atoms with Gasteiger partial charge in [-0.3, -0.25) is 0 Å². The Morgan fingerprint density at radius 3 is 2.12 bits per heavy atom. The van der Waals surface area contributed by atoms with Gasteiger partial charge >= 0.3 is 12.3 Å². The predicted molar refractivity (Wildman–Crippen MR) is 55.4 cm³/mol. The molecule has 0 spiro atoms. The van der Waals surface area contributed by atoms with Gasteiger partial charge in [0.1, 0.15) is 11.1 Å². The minimum atomic E-state index is -4.51. The lowest BCUT2D eigenvalue weighted by Crippen LogP contribution is -2.69. The molecule has 1 amide bonds. The molecule has 17 heavy (non-hydrogen) atoms. The van der Waals surface area contributed by atoms with Crippen LogP contribution in [0.5, 0.6) is 0 Å². The van der Waals surface area contributed by atoms with Crippen LogP contribution < -0.4 is 11.1 Å². The molecular formula is C10H17F3N2O2. The van der Waals surface area contributed by atoms with Crippen molar-refractivity contribution < 1.29 is 22.7 Å². The summed E-state index contributed by atoms with van der Waals surface area (Å²) in [5.41, 5.74) is 2.30. The molecular weight excluding hydrogens is 237 g/mol. The van der Waals surface area contributed by atoms with Crippen LogP contribution in [0.15, 0.2) is 0 Å². The molecule has 4 nitrogen and oxygen atoms in total. The number of carbonyl (C=O) groups is 1. The van der Waals surface area contributed by atoms with Crippen molar-refractivity contribution in [2.45, 2.75) is 57.0 Å². The second-order valence-corrected chi connectivity index (χ2v) is 5.38. The molecule has 0 radical (unpaired) electrons. The van der Waals surface area contributed by atoms with Crippen LogP contribution in [0.4, 0.5) is 18.0 Å². The number of alkyl halides is 3. The second-order valence-electron chi connectivity index (χ2n) is 5.38. The number of hydrogen-bond acceptors (Lipinski definition) is 3. The lowest BCUT2D eigenvalue weighted by atomic mass is 9.72. The quantitative estimate of drug-likeness (QED) is 0.751. The predicted octanol–water partition coefficient (Wildman–Crippen LogP) is 1.93. The number of nitrogens with two attached hydrogens (primary N) is 1. The molecule has 7 heteroatoms. The summed E-state index contributed by atoms with van der Waals surface area (Å²) in [6.45, 7) is 4.75. The van der Waals surface area contributed by atoms with E-state index in [0.717, 1.165) is 0 Å². The molecule has 0 bridgehead atoms. The molecule has 1 fully saturated rings. The lowest BCUT2D eigenvalue weighted by molar-refractivity contribution is -0.220. The van der Waals surface area contributed by atoms with Crippen LogP contribution in [0.2, 0.25) is 0 Å². The van der Waals surface area contributed by atoms with Gasteiger partial charge in [0.2, 0.25) is 0 Å². The normalized spacial score (nSPS) is 29.5. The Balaban J connectivity index is 2.67. The highest BCUT2D eigenvalue weighted by molar-refractivity contribution is 5.69. The summed E-state index contributed by atoms with van der Waals surface area (Å²) >= 11 is 0. The van der Waals surface area contributed by atoms with Gasteiger partial charge in [-0.25, -0.2) is 4.79 Å². The first kappa shape index (κ1) is 14.1. The number of rotatable bonds is 1. The van der Waals surface area contributed by atoms with Crippen LogP contribution in [0, 0.1) is 0 Å². The summed E-state index contributed by atoms with van der Waals surface area (Å²) in [4.78, 5) is 11.3. The van der Waals surface area contributed by atoms with Crippen LogP contribution in [0.25, 0.3) is 0 Å². The van der Waals surface area contributed by atoms with Crippen molar-refractivity contribution in [2.75, 3.05) is 0 Å². The maximum Gasteiger partial charge on any atom is 0.411 e. The zero-order chi connectivity index (χ0) is 13.5. The van der Waals surface area contributed by atoms with E-state index < -0.39 is 29.5 Å². The molecule has 0 aromatic heterocycles. The molecule has 0 heterocycles. The van der Waals surface area contributed by atoms with E-state index in [1.54, 1.807) is 20.8 Å². The highest BCUT2D eigenvalue weighted by Crippen LogP contribution is 2.44. The van der Waals surface area contributed by atoms with Crippen molar-refractivity contribution in [1.82, 2.24) is 5.32 Å². The van der Waals surface area contributed by atoms with E-state index in [0.29, 0.717) is 0 Å². The van der Waals surface area contributed by atoms with Crippen molar-refractivity contribution in [3.05, 3.63) is 0 Å². The number of alkyl carbamates (subject to hydrolysis) is 1. The van der Waals surface area contributed by atoms with Crippen LogP contribution in [0.3, 0.4) is 0 Å². The van der Waals surface area contributed by atoms with Crippen molar-refractivity contribution in [2.24, 2.45) is 5.73 Å². The minimum absolute atomic E-state index is 0.310. The fourth-order valence-corrected chi connectivity index (χ4v) is 1.74. The number of halogens is 3. The molecule has 3 N–H and O–H groups in total. The first-order chi connectivity index (χ1) is 7.45. The Kier molecular flexibility index (Phi) is 3.35. The first-order valence-corrected chi connectivity index (χ1v) is 5.29. The van der Waals surface area contributed by atoms with E-state index in [4.69, 9.17) is 10.5 Å². The minimum Gasteiger partial charge on any atom is -0.444 e. The lowest BCUT2D eigenvalue weighted by Gasteiger charge is -2.47. The molecule has 0 unspecified atom stereocenters. The van der Waals surface area contributed by atoms with E-state index in [1.807, 2.05) is 5.32 Å². The first-order valence-electron chi connectivity index (χ1n) is 5.29. The van der Waals surface area contributed by atoms with Crippen LogP contribution in [-0.4, -0.2) is 29.5 Å². The average Bonchev–Trinajstić information content (AvgIpc) is 1.94. The fraction of sp³-hybridized carbons (Fsp3) is 0.900. The van der Waals surface area contributed by atoms with Crippen LogP contribution in [-0.2, 0) is 4.74 Å². The Hall–Kier alpha value is -0.980. The maximum atomic E-state index is 12.8. The Morgan fingerprint density at radius 1 is 1.35 bits per heavy atom. The van der Waals surface area contributed by atoms with E-state index in [1.165, 1.54) is 0 Å². The summed E-state index contributed by atoms with van der Waals surface area (Å²) in [5.74, 6) is 0. The highest BCUT2D eigenvalue weighted by Gasteiger charge is 2.62. The summed E-state index contributed by atoms with van der Waals surface area (Å²) in [5, 5.41) is 1.89. The van der Waals surface area contributed by atoms with Crippen LogP contribution in [0.1, 0.15) is 33.6 Å². The molecule has 1 aliphatic rings. The molecule has 100 valence electrons.